The molecule has 0 radical (unpaired) electrons. The van der Waals surface area contributed by atoms with Crippen molar-refractivity contribution in [2.45, 2.75) is 6.92 Å². The number of benzene rings is 2. The number of fused-ring (bicyclic) bond motifs is 1. The van der Waals surface area contributed by atoms with Crippen molar-refractivity contribution >= 4 is 34.1 Å². The zero-order valence-corrected chi connectivity index (χ0v) is 15.7. The van der Waals surface area contributed by atoms with Crippen LogP contribution in [-0.4, -0.2) is 27.5 Å². The third kappa shape index (κ3) is 4.11. The van der Waals surface area contributed by atoms with E-state index in [4.69, 9.17) is 4.74 Å². The van der Waals surface area contributed by atoms with E-state index in [1.807, 2.05) is 31.2 Å². The van der Waals surface area contributed by atoms with Gasteiger partial charge in [0.05, 0.1) is 23.2 Å². The minimum atomic E-state index is -0.316. The highest BCUT2D eigenvalue weighted by atomic mass is 16.5. The molecule has 0 unspecified atom stereocenters. The number of imidazole rings is 1. The molecule has 0 saturated heterocycles. The van der Waals surface area contributed by atoms with Crippen LogP contribution < -0.4 is 21.1 Å². The van der Waals surface area contributed by atoms with Crippen molar-refractivity contribution in [3.8, 4) is 5.75 Å². The van der Waals surface area contributed by atoms with E-state index in [9.17, 15) is 9.59 Å². The first kappa shape index (κ1) is 18.3. The van der Waals surface area contributed by atoms with Crippen LogP contribution >= 0.6 is 0 Å². The largest absolute Gasteiger partial charge is 0.494 e. The Kier molecular flexibility index (Phi) is 4.98. The monoisotopic (exact) mass is 389 g/mol. The molecule has 4 aromatic rings. The summed E-state index contributed by atoms with van der Waals surface area (Å²) in [4.78, 5) is 33.8. The molecule has 146 valence electrons. The van der Waals surface area contributed by atoms with Crippen molar-refractivity contribution in [2.75, 3.05) is 17.2 Å². The van der Waals surface area contributed by atoms with Crippen LogP contribution in [0.3, 0.4) is 0 Å². The van der Waals surface area contributed by atoms with E-state index in [2.05, 4.69) is 25.6 Å². The second-order valence-corrected chi connectivity index (χ2v) is 6.28. The van der Waals surface area contributed by atoms with Crippen LogP contribution in [0.4, 0.5) is 17.2 Å². The summed E-state index contributed by atoms with van der Waals surface area (Å²) in [5, 5.41) is 6.00. The number of hydrogen-bond acceptors (Lipinski definition) is 5. The molecule has 0 spiro atoms. The summed E-state index contributed by atoms with van der Waals surface area (Å²) in [6.07, 6.45) is 1.62. The molecule has 0 saturated carbocycles. The maximum atomic E-state index is 12.8. The maximum Gasteiger partial charge on any atom is 0.323 e. The Morgan fingerprint density at radius 2 is 1.79 bits per heavy atom. The van der Waals surface area contributed by atoms with E-state index in [1.165, 1.54) is 0 Å². The zero-order valence-electron chi connectivity index (χ0n) is 15.7. The van der Waals surface area contributed by atoms with Gasteiger partial charge >= 0.3 is 5.69 Å². The first-order valence-corrected chi connectivity index (χ1v) is 9.10. The van der Waals surface area contributed by atoms with Crippen LogP contribution in [0.25, 0.3) is 11.0 Å². The number of hydrogen-bond donors (Lipinski definition) is 4. The highest BCUT2D eigenvalue weighted by molar-refractivity contribution is 6.08. The second kappa shape index (κ2) is 7.89. The Balaban J connectivity index is 1.54. The molecule has 0 atom stereocenters. The van der Waals surface area contributed by atoms with E-state index < -0.39 is 0 Å². The van der Waals surface area contributed by atoms with Gasteiger partial charge in [0.15, 0.2) is 0 Å². The molecule has 0 aliphatic carbocycles. The minimum absolute atomic E-state index is 0.294. The SMILES string of the molecule is CCOc1ccc(Nc2ncccc2C(=O)Nc2ccc3[nH]c(=O)[nH]c3c2)cc1. The van der Waals surface area contributed by atoms with Gasteiger partial charge in [-0.15, -0.1) is 0 Å². The van der Waals surface area contributed by atoms with Crippen LogP contribution in [0.15, 0.2) is 65.6 Å². The molecule has 2 aromatic heterocycles. The standard InChI is InChI=1S/C21H19N5O3/c1-2-29-15-8-5-13(6-9-15)23-19-16(4-3-11-22-19)20(27)24-14-7-10-17-18(12-14)26-21(28)25-17/h3-12H,2H2,1H3,(H,22,23)(H,24,27)(H2,25,26,28). The molecule has 4 N–H and O–H groups in total. The summed E-state index contributed by atoms with van der Waals surface area (Å²) >= 11 is 0. The predicted molar refractivity (Wildman–Crippen MR) is 112 cm³/mol. The van der Waals surface area contributed by atoms with Crippen molar-refractivity contribution < 1.29 is 9.53 Å². The molecule has 0 aliphatic rings. The normalized spacial score (nSPS) is 10.7. The summed E-state index contributed by atoms with van der Waals surface area (Å²) in [5.74, 6) is 0.893. The number of pyridine rings is 1. The third-order valence-corrected chi connectivity index (χ3v) is 4.25. The van der Waals surface area contributed by atoms with E-state index in [0.717, 1.165) is 11.4 Å². The highest BCUT2D eigenvalue weighted by Gasteiger charge is 2.13. The lowest BCUT2D eigenvalue weighted by molar-refractivity contribution is 0.102. The first-order valence-electron chi connectivity index (χ1n) is 9.10. The molecule has 0 fully saturated rings. The third-order valence-electron chi connectivity index (χ3n) is 4.25. The number of rotatable bonds is 6. The van der Waals surface area contributed by atoms with Gasteiger partial charge in [-0.2, -0.15) is 0 Å². The molecule has 4 rings (SSSR count). The molecular formula is C21H19N5O3. The Labute approximate surface area is 166 Å². The fourth-order valence-corrected chi connectivity index (χ4v) is 2.93. The lowest BCUT2D eigenvalue weighted by Crippen LogP contribution is -2.14. The van der Waals surface area contributed by atoms with Crippen molar-refractivity contribution in [3.05, 3.63) is 76.8 Å². The molecule has 2 aromatic carbocycles. The van der Waals surface area contributed by atoms with Gasteiger partial charge in [-0.1, -0.05) is 0 Å². The average molecular weight is 389 g/mol. The maximum absolute atomic E-state index is 12.8. The number of nitrogens with one attached hydrogen (secondary N) is 4. The summed E-state index contributed by atoms with van der Waals surface area (Å²) in [6.45, 7) is 2.52. The van der Waals surface area contributed by atoms with Gasteiger partial charge in [-0.3, -0.25) is 4.79 Å². The summed E-state index contributed by atoms with van der Waals surface area (Å²) in [7, 11) is 0. The van der Waals surface area contributed by atoms with E-state index >= 15 is 0 Å². The first-order chi connectivity index (χ1) is 14.1. The fraction of sp³-hybridized carbons (Fsp3) is 0.0952. The molecular weight excluding hydrogens is 370 g/mol. The fourth-order valence-electron chi connectivity index (χ4n) is 2.93. The number of ether oxygens (including phenoxy) is 1. The minimum Gasteiger partial charge on any atom is -0.494 e. The second-order valence-electron chi connectivity index (χ2n) is 6.28. The van der Waals surface area contributed by atoms with Crippen molar-refractivity contribution in [2.24, 2.45) is 0 Å². The van der Waals surface area contributed by atoms with Gasteiger partial charge in [0.2, 0.25) is 0 Å². The van der Waals surface area contributed by atoms with Crippen LogP contribution in [0.1, 0.15) is 17.3 Å². The Morgan fingerprint density at radius 1 is 1.03 bits per heavy atom. The molecule has 1 amide bonds. The van der Waals surface area contributed by atoms with Crippen LogP contribution in [0.5, 0.6) is 5.75 Å². The van der Waals surface area contributed by atoms with E-state index in [-0.39, 0.29) is 11.6 Å². The van der Waals surface area contributed by atoms with Gasteiger partial charge < -0.3 is 25.3 Å². The quantitative estimate of drug-likeness (QED) is 0.402. The Morgan fingerprint density at radius 3 is 2.59 bits per heavy atom. The number of nitrogens with zero attached hydrogens (tertiary/aromatic N) is 1. The number of amides is 1. The van der Waals surface area contributed by atoms with Gasteiger partial charge in [-0.25, -0.2) is 9.78 Å². The number of aromatic amines is 2. The van der Waals surface area contributed by atoms with Crippen LogP contribution in [0.2, 0.25) is 0 Å². The summed E-state index contributed by atoms with van der Waals surface area (Å²) in [5.41, 5.74) is 2.74. The van der Waals surface area contributed by atoms with Gasteiger partial charge in [-0.05, 0) is 61.5 Å². The highest BCUT2D eigenvalue weighted by Crippen LogP contribution is 2.22. The molecule has 2 heterocycles. The van der Waals surface area contributed by atoms with Gasteiger partial charge in [0.25, 0.3) is 5.91 Å². The smallest absolute Gasteiger partial charge is 0.323 e. The van der Waals surface area contributed by atoms with Gasteiger partial charge in [0, 0.05) is 17.6 Å². The zero-order chi connectivity index (χ0) is 20.2. The molecule has 8 nitrogen and oxygen atoms in total. The molecule has 0 aliphatic heterocycles. The van der Waals surface area contributed by atoms with Crippen LogP contribution in [-0.2, 0) is 0 Å². The molecule has 8 heteroatoms. The summed E-state index contributed by atoms with van der Waals surface area (Å²) < 4.78 is 5.44. The average Bonchev–Trinajstić information content (AvgIpc) is 3.09. The lowest BCUT2D eigenvalue weighted by atomic mass is 10.2. The van der Waals surface area contributed by atoms with Crippen molar-refractivity contribution in [1.82, 2.24) is 15.0 Å². The topological polar surface area (TPSA) is 112 Å². The van der Waals surface area contributed by atoms with E-state index in [1.54, 1.807) is 36.5 Å². The van der Waals surface area contributed by atoms with Gasteiger partial charge in [0.1, 0.15) is 11.6 Å². The van der Waals surface area contributed by atoms with Crippen molar-refractivity contribution in [1.29, 1.82) is 0 Å². The Hall–Kier alpha value is -4.07. The number of carbonyl (C=O) groups excluding carboxylic acids is 1. The summed E-state index contributed by atoms with van der Waals surface area (Å²) in [6, 6.07) is 15.9. The van der Waals surface area contributed by atoms with Crippen molar-refractivity contribution in [3.63, 3.8) is 0 Å². The number of anilines is 3. The Bertz CT molecular complexity index is 1210. The number of carbonyl (C=O) groups is 1. The van der Waals surface area contributed by atoms with Crippen LogP contribution in [0, 0.1) is 0 Å². The molecule has 0 bridgehead atoms. The lowest BCUT2D eigenvalue weighted by Gasteiger charge is -2.12. The van der Waals surface area contributed by atoms with E-state index in [0.29, 0.717) is 34.7 Å². The molecule has 29 heavy (non-hydrogen) atoms. The predicted octanol–water partition coefficient (Wildman–Crippen LogP) is 3.65. The number of H-pyrrole nitrogens is 2. The number of aromatic nitrogens is 3.